The average Bonchev–Trinajstić information content (AvgIpc) is 2.47. The molecule has 1 rings (SSSR count). The van der Waals surface area contributed by atoms with E-state index in [1.807, 2.05) is 0 Å². The molecule has 0 amide bonds. The molecule has 1 atom stereocenters. The van der Waals surface area contributed by atoms with E-state index in [-0.39, 0.29) is 5.97 Å². The van der Waals surface area contributed by atoms with Gasteiger partial charge in [-0.25, -0.2) is 0 Å². The Hall–Kier alpha value is -1.35. The van der Waals surface area contributed by atoms with Gasteiger partial charge in [0.15, 0.2) is 0 Å². The van der Waals surface area contributed by atoms with Crippen LogP contribution in [0.3, 0.4) is 0 Å². The Balaban J connectivity index is 2.41. The minimum Gasteiger partial charge on any atom is -0.469 e. The molecule has 0 saturated carbocycles. The van der Waals surface area contributed by atoms with Crippen molar-refractivity contribution in [3.05, 3.63) is 35.4 Å². The predicted molar refractivity (Wildman–Crippen MR) is 78.1 cm³/mol. The number of hydrogen-bond donors (Lipinski definition) is 1. The second-order valence-corrected chi connectivity index (χ2v) is 4.69. The lowest BCUT2D eigenvalue weighted by Crippen LogP contribution is -2.22. The zero-order valence-electron chi connectivity index (χ0n) is 12.2. The largest absolute Gasteiger partial charge is 0.469 e. The zero-order valence-corrected chi connectivity index (χ0v) is 12.2. The van der Waals surface area contributed by atoms with Gasteiger partial charge < -0.3 is 10.1 Å². The quantitative estimate of drug-likeness (QED) is 0.578. The van der Waals surface area contributed by atoms with Gasteiger partial charge in [0.25, 0.3) is 0 Å². The summed E-state index contributed by atoms with van der Waals surface area (Å²) in [6.07, 6.45) is 3.41. The second kappa shape index (κ2) is 8.70. The van der Waals surface area contributed by atoms with Gasteiger partial charge in [-0.1, -0.05) is 38.1 Å². The van der Waals surface area contributed by atoms with Crippen molar-refractivity contribution in [2.24, 2.45) is 0 Å². The van der Waals surface area contributed by atoms with Crippen molar-refractivity contribution in [3.8, 4) is 0 Å². The molecule has 1 N–H and O–H groups in total. The van der Waals surface area contributed by atoms with Gasteiger partial charge >= 0.3 is 5.97 Å². The van der Waals surface area contributed by atoms with E-state index in [4.69, 9.17) is 0 Å². The number of ether oxygens (including phenoxy) is 1. The highest BCUT2D eigenvalue weighted by Gasteiger charge is 2.08. The van der Waals surface area contributed by atoms with E-state index in [0.29, 0.717) is 12.5 Å². The summed E-state index contributed by atoms with van der Waals surface area (Å²) in [6.45, 7) is 5.17. The number of benzene rings is 1. The van der Waals surface area contributed by atoms with Crippen molar-refractivity contribution in [1.82, 2.24) is 5.32 Å². The van der Waals surface area contributed by atoms with Crippen LogP contribution in [-0.2, 0) is 16.0 Å². The number of esters is 1. The number of aryl methyl sites for hydroxylation is 1. The Bertz CT molecular complexity index is 373. The summed E-state index contributed by atoms with van der Waals surface area (Å²) in [6, 6.07) is 9.13. The fourth-order valence-corrected chi connectivity index (χ4v) is 2.09. The summed E-state index contributed by atoms with van der Waals surface area (Å²) >= 11 is 0. The molecule has 0 radical (unpaired) electrons. The van der Waals surface area contributed by atoms with Crippen molar-refractivity contribution >= 4 is 5.97 Å². The van der Waals surface area contributed by atoms with Crippen molar-refractivity contribution in [3.63, 3.8) is 0 Å². The van der Waals surface area contributed by atoms with Crippen molar-refractivity contribution < 1.29 is 9.53 Å². The minimum atomic E-state index is -0.137. The van der Waals surface area contributed by atoms with Crippen LogP contribution in [0.4, 0.5) is 0 Å². The Morgan fingerprint density at radius 1 is 1.26 bits per heavy atom. The average molecular weight is 263 g/mol. The fourth-order valence-electron chi connectivity index (χ4n) is 2.09. The predicted octanol–water partition coefficient (Wildman–Crippen LogP) is 3.24. The van der Waals surface area contributed by atoms with E-state index in [2.05, 4.69) is 48.2 Å². The van der Waals surface area contributed by atoms with Gasteiger partial charge in [0, 0.05) is 12.5 Å². The summed E-state index contributed by atoms with van der Waals surface area (Å²) in [4.78, 5) is 11.0. The lowest BCUT2D eigenvalue weighted by Gasteiger charge is -2.17. The molecule has 0 heterocycles. The summed E-state index contributed by atoms with van der Waals surface area (Å²) < 4.78 is 4.63. The van der Waals surface area contributed by atoms with Crippen LogP contribution >= 0.6 is 0 Å². The van der Waals surface area contributed by atoms with Crippen LogP contribution in [0.5, 0.6) is 0 Å². The maximum absolute atomic E-state index is 11.0. The van der Waals surface area contributed by atoms with Gasteiger partial charge in [0.2, 0.25) is 0 Å². The molecule has 1 unspecified atom stereocenters. The lowest BCUT2D eigenvalue weighted by atomic mass is 10.0. The lowest BCUT2D eigenvalue weighted by molar-refractivity contribution is -0.140. The highest BCUT2D eigenvalue weighted by Crippen LogP contribution is 2.17. The fraction of sp³-hybridized carbons (Fsp3) is 0.562. The molecule has 0 aromatic heterocycles. The third-order valence-electron chi connectivity index (χ3n) is 3.37. The topological polar surface area (TPSA) is 38.3 Å². The first-order valence-corrected chi connectivity index (χ1v) is 7.10. The van der Waals surface area contributed by atoms with Crippen molar-refractivity contribution in [2.75, 3.05) is 13.7 Å². The summed E-state index contributed by atoms with van der Waals surface area (Å²) in [7, 11) is 1.43. The number of methoxy groups -OCH3 is 1. The molecule has 106 valence electrons. The van der Waals surface area contributed by atoms with Crippen LogP contribution in [0.15, 0.2) is 24.3 Å². The molecule has 0 aliphatic heterocycles. The molecule has 0 fully saturated rings. The number of carbonyl (C=O) groups is 1. The van der Waals surface area contributed by atoms with Crippen LogP contribution in [0.1, 0.15) is 50.3 Å². The number of hydrogen-bond acceptors (Lipinski definition) is 3. The van der Waals surface area contributed by atoms with Crippen molar-refractivity contribution in [1.29, 1.82) is 0 Å². The number of carbonyl (C=O) groups excluding carboxylic acids is 1. The Kier molecular flexibility index (Phi) is 7.19. The van der Waals surface area contributed by atoms with Gasteiger partial charge in [-0.05, 0) is 36.9 Å². The SMILES string of the molecule is CCc1ccc(C(CC)NCCCC(=O)OC)cc1. The highest BCUT2D eigenvalue weighted by molar-refractivity contribution is 5.69. The molecule has 0 aliphatic carbocycles. The summed E-state index contributed by atoms with van der Waals surface area (Å²) in [5.41, 5.74) is 2.68. The van der Waals surface area contributed by atoms with Crippen LogP contribution in [0.2, 0.25) is 0 Å². The van der Waals surface area contributed by atoms with Crippen molar-refractivity contribution in [2.45, 2.75) is 45.6 Å². The summed E-state index contributed by atoms with van der Waals surface area (Å²) in [5, 5.41) is 3.49. The normalized spacial score (nSPS) is 12.2. The van der Waals surface area contributed by atoms with Gasteiger partial charge in [0.05, 0.1) is 7.11 Å². The molecule has 3 heteroatoms. The number of rotatable bonds is 8. The second-order valence-electron chi connectivity index (χ2n) is 4.69. The minimum absolute atomic E-state index is 0.137. The van der Waals surface area contributed by atoms with Gasteiger partial charge in [-0.2, -0.15) is 0 Å². The molecule has 1 aromatic carbocycles. The Labute approximate surface area is 116 Å². The first-order valence-electron chi connectivity index (χ1n) is 7.10. The molecule has 0 bridgehead atoms. The zero-order chi connectivity index (χ0) is 14.1. The van der Waals surface area contributed by atoms with E-state index in [0.717, 1.165) is 25.8 Å². The van der Waals surface area contributed by atoms with Crippen LogP contribution in [-0.4, -0.2) is 19.6 Å². The van der Waals surface area contributed by atoms with E-state index < -0.39 is 0 Å². The molecule has 3 nitrogen and oxygen atoms in total. The smallest absolute Gasteiger partial charge is 0.305 e. The Morgan fingerprint density at radius 2 is 1.95 bits per heavy atom. The van der Waals surface area contributed by atoms with Gasteiger partial charge in [-0.3, -0.25) is 4.79 Å². The monoisotopic (exact) mass is 263 g/mol. The maximum Gasteiger partial charge on any atom is 0.305 e. The molecular formula is C16H25NO2. The number of nitrogens with one attached hydrogen (secondary N) is 1. The standard InChI is InChI=1S/C16H25NO2/c1-4-13-8-10-14(11-9-13)15(5-2)17-12-6-7-16(18)19-3/h8-11,15,17H,4-7,12H2,1-3H3. The molecule has 19 heavy (non-hydrogen) atoms. The van der Waals surface area contributed by atoms with Crippen LogP contribution in [0, 0.1) is 0 Å². The summed E-state index contributed by atoms with van der Waals surface area (Å²) in [5.74, 6) is -0.137. The van der Waals surface area contributed by atoms with E-state index in [1.54, 1.807) is 0 Å². The molecule has 0 spiro atoms. The molecule has 0 aliphatic rings. The first kappa shape index (κ1) is 15.7. The van der Waals surface area contributed by atoms with Crippen LogP contribution in [0.25, 0.3) is 0 Å². The van der Waals surface area contributed by atoms with E-state index in [9.17, 15) is 4.79 Å². The van der Waals surface area contributed by atoms with Gasteiger partial charge in [-0.15, -0.1) is 0 Å². The molecule has 0 saturated heterocycles. The maximum atomic E-state index is 11.0. The highest BCUT2D eigenvalue weighted by atomic mass is 16.5. The van der Waals surface area contributed by atoms with Crippen LogP contribution < -0.4 is 5.32 Å². The Morgan fingerprint density at radius 3 is 2.47 bits per heavy atom. The third-order valence-corrected chi connectivity index (χ3v) is 3.37. The first-order chi connectivity index (χ1) is 9.21. The van der Waals surface area contributed by atoms with Gasteiger partial charge in [0.1, 0.15) is 0 Å². The third kappa shape index (κ3) is 5.43. The van der Waals surface area contributed by atoms with E-state index >= 15 is 0 Å². The molecular weight excluding hydrogens is 238 g/mol. The molecule has 1 aromatic rings. The van der Waals surface area contributed by atoms with E-state index in [1.165, 1.54) is 18.2 Å².